The molecule has 2 N–H and O–H groups in total. The van der Waals surface area contributed by atoms with Crippen molar-refractivity contribution < 1.29 is 19.4 Å². The van der Waals surface area contributed by atoms with E-state index in [1.165, 1.54) is 0 Å². The van der Waals surface area contributed by atoms with E-state index in [2.05, 4.69) is 21.1 Å². The monoisotopic (exact) mass is 426 g/mol. The molecule has 0 radical (unpaired) electrons. The van der Waals surface area contributed by atoms with Crippen molar-refractivity contribution in [2.45, 2.75) is 52.1 Å². The van der Waals surface area contributed by atoms with E-state index in [-0.39, 0.29) is 12.3 Å². The summed E-state index contributed by atoms with van der Waals surface area (Å²) in [4.78, 5) is 30.5. The summed E-state index contributed by atoms with van der Waals surface area (Å²) in [5.74, 6) is 0.177. The average Bonchev–Trinajstić information content (AvgIpc) is 3.11. The summed E-state index contributed by atoms with van der Waals surface area (Å²) in [7, 11) is 0. The lowest BCUT2D eigenvalue weighted by Gasteiger charge is -2.23. The summed E-state index contributed by atoms with van der Waals surface area (Å²) in [6, 6.07) is 5.88. The summed E-state index contributed by atoms with van der Waals surface area (Å²) >= 11 is 0. The Balaban J connectivity index is 1.43. The summed E-state index contributed by atoms with van der Waals surface area (Å²) in [5, 5.41) is 12.5. The number of hydrogen-bond donors (Lipinski definition) is 2. The SMILES string of the molecule is CCCN1Cc2cc(OCCc3cn4c(n3)NCCC4)ccc2CC(CC(=O)O)C1=O. The van der Waals surface area contributed by atoms with E-state index >= 15 is 0 Å². The van der Waals surface area contributed by atoms with Crippen LogP contribution in [0.2, 0.25) is 0 Å². The summed E-state index contributed by atoms with van der Waals surface area (Å²) in [6.07, 6.45) is 5.06. The minimum absolute atomic E-state index is 0.0692. The van der Waals surface area contributed by atoms with Crippen LogP contribution in [0.4, 0.5) is 5.95 Å². The summed E-state index contributed by atoms with van der Waals surface area (Å²) < 4.78 is 8.14. The van der Waals surface area contributed by atoms with Crippen molar-refractivity contribution in [1.29, 1.82) is 0 Å². The Kier molecular flexibility index (Phi) is 6.44. The molecule has 31 heavy (non-hydrogen) atoms. The molecule has 2 aromatic rings. The number of hydrogen-bond acceptors (Lipinski definition) is 5. The first-order valence-electron chi connectivity index (χ1n) is 11.1. The average molecular weight is 427 g/mol. The third-order valence-corrected chi connectivity index (χ3v) is 5.89. The van der Waals surface area contributed by atoms with Crippen molar-refractivity contribution >= 4 is 17.8 Å². The maximum Gasteiger partial charge on any atom is 0.304 e. The molecule has 1 aromatic carbocycles. The molecule has 0 saturated heterocycles. The van der Waals surface area contributed by atoms with Crippen molar-refractivity contribution in [2.75, 3.05) is 25.0 Å². The molecule has 0 bridgehead atoms. The zero-order valence-electron chi connectivity index (χ0n) is 18.0. The number of carboxylic acid groups (broad SMARTS) is 1. The fraction of sp³-hybridized carbons (Fsp3) is 0.522. The van der Waals surface area contributed by atoms with E-state index < -0.39 is 11.9 Å². The van der Waals surface area contributed by atoms with Gasteiger partial charge in [0.2, 0.25) is 11.9 Å². The second-order valence-electron chi connectivity index (χ2n) is 8.32. The lowest BCUT2D eigenvalue weighted by molar-refractivity contribution is -0.144. The van der Waals surface area contributed by atoms with Crippen LogP contribution in [-0.4, -0.2) is 51.1 Å². The van der Waals surface area contributed by atoms with Gasteiger partial charge in [-0.1, -0.05) is 13.0 Å². The number of nitrogens with zero attached hydrogens (tertiary/aromatic N) is 3. The number of aromatic nitrogens is 2. The lowest BCUT2D eigenvalue weighted by Crippen LogP contribution is -2.36. The first-order chi connectivity index (χ1) is 15.0. The molecule has 0 spiro atoms. The fourth-order valence-corrected chi connectivity index (χ4v) is 4.39. The van der Waals surface area contributed by atoms with E-state index in [1.807, 2.05) is 25.1 Å². The molecule has 1 amide bonds. The standard InChI is InChI=1S/C23H30N4O4/c1-2-8-26-14-18-12-20(5-4-16(18)11-17(22(26)30)13-21(28)29)31-10-6-19-15-27-9-3-7-24-23(27)25-19/h4-5,12,15,17H,2-3,6-11,13-14H2,1H3,(H,24,25)(H,28,29). The number of aryl methyl sites for hydroxylation is 1. The predicted molar refractivity (Wildman–Crippen MR) is 116 cm³/mol. The number of benzene rings is 1. The minimum atomic E-state index is -0.936. The first-order valence-corrected chi connectivity index (χ1v) is 11.1. The molecule has 8 nitrogen and oxygen atoms in total. The molecule has 1 aromatic heterocycles. The number of ether oxygens (including phenoxy) is 1. The van der Waals surface area contributed by atoms with Crippen LogP contribution in [0, 0.1) is 5.92 Å². The van der Waals surface area contributed by atoms with Crippen LogP contribution in [0.1, 0.15) is 43.0 Å². The third kappa shape index (κ3) is 5.00. The Labute approximate surface area is 182 Å². The van der Waals surface area contributed by atoms with Gasteiger partial charge in [0.15, 0.2) is 0 Å². The molecule has 1 atom stereocenters. The molecule has 2 aliphatic heterocycles. The van der Waals surface area contributed by atoms with E-state index in [0.717, 1.165) is 60.9 Å². The highest BCUT2D eigenvalue weighted by Gasteiger charge is 2.31. The predicted octanol–water partition coefficient (Wildman–Crippen LogP) is 2.71. The largest absolute Gasteiger partial charge is 0.493 e. The molecule has 8 heteroatoms. The normalized spacial score (nSPS) is 18.0. The quantitative estimate of drug-likeness (QED) is 0.674. The first kappa shape index (κ1) is 21.2. The number of nitrogens with one attached hydrogen (secondary N) is 1. The highest BCUT2D eigenvalue weighted by molar-refractivity contribution is 5.84. The highest BCUT2D eigenvalue weighted by atomic mass is 16.5. The summed E-state index contributed by atoms with van der Waals surface area (Å²) in [6.45, 7) is 5.62. The number of rotatable bonds is 8. The maximum atomic E-state index is 12.9. The van der Waals surface area contributed by atoms with Crippen LogP contribution in [0.5, 0.6) is 5.75 Å². The molecule has 1 unspecified atom stereocenters. The van der Waals surface area contributed by atoms with Crippen LogP contribution in [0.3, 0.4) is 0 Å². The molecule has 0 saturated carbocycles. The minimum Gasteiger partial charge on any atom is -0.493 e. The number of fused-ring (bicyclic) bond motifs is 2. The van der Waals surface area contributed by atoms with Gasteiger partial charge >= 0.3 is 5.97 Å². The Morgan fingerprint density at radius 2 is 2.23 bits per heavy atom. The Morgan fingerprint density at radius 3 is 3.00 bits per heavy atom. The Morgan fingerprint density at radius 1 is 1.35 bits per heavy atom. The third-order valence-electron chi connectivity index (χ3n) is 5.89. The molecule has 166 valence electrons. The molecule has 3 heterocycles. The van der Waals surface area contributed by atoms with Gasteiger partial charge in [0.05, 0.1) is 24.6 Å². The number of carbonyl (C=O) groups excluding carboxylic acids is 1. The van der Waals surface area contributed by atoms with E-state index in [4.69, 9.17) is 4.74 Å². The van der Waals surface area contributed by atoms with Crippen LogP contribution < -0.4 is 10.1 Å². The van der Waals surface area contributed by atoms with Gasteiger partial charge in [-0.2, -0.15) is 0 Å². The van der Waals surface area contributed by atoms with Gasteiger partial charge < -0.3 is 24.6 Å². The zero-order chi connectivity index (χ0) is 21.8. The number of imidazole rings is 1. The van der Waals surface area contributed by atoms with Gasteiger partial charge in [0.1, 0.15) is 5.75 Å². The molecular formula is C23H30N4O4. The molecule has 2 aliphatic rings. The van der Waals surface area contributed by atoms with Crippen molar-refractivity contribution in [3.8, 4) is 5.75 Å². The number of aliphatic carboxylic acids is 1. The topological polar surface area (TPSA) is 96.7 Å². The Hall–Kier alpha value is -3.03. The number of carboxylic acids is 1. The lowest BCUT2D eigenvalue weighted by atomic mass is 9.94. The van der Waals surface area contributed by atoms with Crippen molar-refractivity contribution in [2.24, 2.45) is 5.92 Å². The van der Waals surface area contributed by atoms with Crippen LogP contribution in [0.25, 0.3) is 0 Å². The van der Waals surface area contributed by atoms with Crippen LogP contribution in [-0.2, 0) is 35.5 Å². The maximum absolute atomic E-state index is 12.9. The van der Waals surface area contributed by atoms with Crippen molar-refractivity contribution in [1.82, 2.24) is 14.5 Å². The highest BCUT2D eigenvalue weighted by Crippen LogP contribution is 2.28. The van der Waals surface area contributed by atoms with E-state index in [0.29, 0.717) is 26.1 Å². The van der Waals surface area contributed by atoms with Gasteiger partial charge in [-0.3, -0.25) is 9.59 Å². The van der Waals surface area contributed by atoms with Crippen molar-refractivity contribution in [3.05, 3.63) is 41.2 Å². The molecule has 0 aliphatic carbocycles. The van der Waals surface area contributed by atoms with Crippen molar-refractivity contribution in [3.63, 3.8) is 0 Å². The number of carbonyl (C=O) groups is 2. The van der Waals surface area contributed by atoms with E-state index in [1.54, 1.807) is 4.90 Å². The van der Waals surface area contributed by atoms with Gasteiger partial charge in [-0.25, -0.2) is 4.98 Å². The second kappa shape index (κ2) is 9.41. The number of amides is 1. The zero-order valence-corrected chi connectivity index (χ0v) is 18.0. The Bertz CT molecular complexity index is 932. The second-order valence-corrected chi connectivity index (χ2v) is 8.32. The van der Waals surface area contributed by atoms with Gasteiger partial charge in [-0.05, 0) is 42.5 Å². The van der Waals surface area contributed by atoms with Gasteiger partial charge in [-0.15, -0.1) is 0 Å². The summed E-state index contributed by atoms with van der Waals surface area (Å²) in [5.41, 5.74) is 3.07. The van der Waals surface area contributed by atoms with Crippen LogP contribution in [0.15, 0.2) is 24.4 Å². The number of anilines is 1. The molecular weight excluding hydrogens is 396 g/mol. The fourth-order valence-electron chi connectivity index (χ4n) is 4.39. The van der Waals surface area contributed by atoms with E-state index in [9.17, 15) is 14.7 Å². The molecule has 4 rings (SSSR count). The van der Waals surface area contributed by atoms with Crippen LogP contribution >= 0.6 is 0 Å². The smallest absolute Gasteiger partial charge is 0.304 e. The van der Waals surface area contributed by atoms with Gasteiger partial charge in [0.25, 0.3) is 0 Å². The molecule has 0 fully saturated rings. The van der Waals surface area contributed by atoms with Gasteiger partial charge in [0, 0.05) is 38.8 Å².